The van der Waals surface area contributed by atoms with Crippen LogP contribution >= 0.6 is 0 Å². The van der Waals surface area contributed by atoms with E-state index in [1.54, 1.807) is 0 Å². The molecule has 0 radical (unpaired) electrons. The summed E-state index contributed by atoms with van der Waals surface area (Å²) in [7, 11) is 3.03. The molecule has 0 bridgehead atoms. The molecule has 30 heavy (non-hydrogen) atoms. The smallest absolute Gasteiger partial charge is 0.271 e. The quantitative estimate of drug-likeness (QED) is 0.399. The molecule has 0 atom stereocenters. The van der Waals surface area contributed by atoms with Gasteiger partial charge >= 0.3 is 0 Å². The third-order valence-electron chi connectivity index (χ3n) is 4.46. The van der Waals surface area contributed by atoms with Crippen molar-refractivity contribution in [3.63, 3.8) is 0 Å². The van der Waals surface area contributed by atoms with Gasteiger partial charge in [-0.1, -0.05) is 19.4 Å². The Morgan fingerprint density at radius 1 is 1.27 bits per heavy atom. The number of amides is 1. The van der Waals surface area contributed by atoms with Crippen LogP contribution in [0.1, 0.15) is 34.8 Å². The standard InChI is InChI=1S/C20H21N3O7/c1-4-6-14-15(17(28-3)19-18(16(14)27-2)29-11-30-19)10-21-22-20(24)12-7-5-8-13(9-12)23(25)26/h5,7-10H,4,6,11H2,1-3H3,(H,22,24). The van der Waals surface area contributed by atoms with Gasteiger partial charge in [0, 0.05) is 28.8 Å². The van der Waals surface area contributed by atoms with Crippen molar-refractivity contribution in [2.45, 2.75) is 19.8 Å². The predicted octanol–water partition coefficient (Wildman–Crippen LogP) is 3.06. The highest BCUT2D eigenvalue weighted by atomic mass is 16.7. The van der Waals surface area contributed by atoms with Gasteiger partial charge in [-0.3, -0.25) is 14.9 Å². The number of nitrogens with one attached hydrogen (secondary N) is 1. The van der Waals surface area contributed by atoms with E-state index in [-0.39, 0.29) is 18.0 Å². The predicted molar refractivity (Wildman–Crippen MR) is 108 cm³/mol. The summed E-state index contributed by atoms with van der Waals surface area (Å²) in [5, 5.41) is 14.9. The van der Waals surface area contributed by atoms with Gasteiger partial charge in [0.1, 0.15) is 0 Å². The number of non-ortho nitro benzene ring substituents is 1. The molecule has 0 saturated carbocycles. The van der Waals surface area contributed by atoms with Crippen LogP contribution in [-0.2, 0) is 6.42 Å². The highest BCUT2D eigenvalue weighted by Crippen LogP contribution is 2.51. The molecule has 0 aliphatic carbocycles. The molecule has 158 valence electrons. The van der Waals surface area contributed by atoms with E-state index in [1.165, 1.54) is 44.7 Å². The molecule has 3 rings (SSSR count). The summed E-state index contributed by atoms with van der Waals surface area (Å²) in [5.41, 5.74) is 3.70. The lowest BCUT2D eigenvalue weighted by Crippen LogP contribution is -2.18. The second-order valence-electron chi connectivity index (χ2n) is 6.28. The van der Waals surface area contributed by atoms with Crippen LogP contribution < -0.4 is 24.4 Å². The Labute approximate surface area is 172 Å². The first-order valence-electron chi connectivity index (χ1n) is 9.16. The van der Waals surface area contributed by atoms with Gasteiger partial charge in [0.15, 0.2) is 11.5 Å². The number of nitro benzene ring substituents is 1. The Morgan fingerprint density at radius 3 is 2.60 bits per heavy atom. The van der Waals surface area contributed by atoms with Crippen molar-refractivity contribution in [1.82, 2.24) is 5.43 Å². The third-order valence-corrected chi connectivity index (χ3v) is 4.46. The SMILES string of the molecule is CCCc1c(C=NNC(=O)c2cccc([N+](=O)[O-])c2)c(OC)c2c(c1OC)OCO2. The molecule has 1 heterocycles. The first-order chi connectivity index (χ1) is 14.5. The molecule has 2 aromatic carbocycles. The zero-order chi connectivity index (χ0) is 21.7. The summed E-state index contributed by atoms with van der Waals surface area (Å²) in [6.07, 6.45) is 2.90. The molecule has 1 aliphatic heterocycles. The van der Waals surface area contributed by atoms with E-state index in [0.29, 0.717) is 35.0 Å². The minimum atomic E-state index is -0.585. The Hall–Kier alpha value is -3.82. The third kappa shape index (κ3) is 3.97. The molecule has 1 N–H and O–H groups in total. The molecule has 0 aromatic heterocycles. The van der Waals surface area contributed by atoms with Crippen molar-refractivity contribution in [2.75, 3.05) is 21.0 Å². The van der Waals surface area contributed by atoms with Crippen LogP contribution in [0.5, 0.6) is 23.0 Å². The van der Waals surface area contributed by atoms with Crippen molar-refractivity contribution in [3.8, 4) is 23.0 Å². The molecule has 0 spiro atoms. The number of carbonyl (C=O) groups is 1. The van der Waals surface area contributed by atoms with Gasteiger partial charge in [-0.25, -0.2) is 5.43 Å². The number of ether oxygens (including phenoxy) is 4. The van der Waals surface area contributed by atoms with Crippen molar-refractivity contribution < 1.29 is 28.7 Å². The first kappa shape index (κ1) is 20.9. The summed E-state index contributed by atoms with van der Waals surface area (Å²) in [6, 6.07) is 5.38. The van der Waals surface area contributed by atoms with E-state index in [2.05, 4.69) is 10.5 Å². The number of hydrogen-bond acceptors (Lipinski definition) is 8. The van der Waals surface area contributed by atoms with E-state index >= 15 is 0 Å². The molecule has 1 aliphatic rings. The lowest BCUT2D eigenvalue weighted by Gasteiger charge is -2.17. The molecule has 2 aromatic rings. The number of benzene rings is 2. The highest BCUT2D eigenvalue weighted by molar-refractivity contribution is 5.96. The van der Waals surface area contributed by atoms with E-state index in [0.717, 1.165) is 12.0 Å². The maximum Gasteiger partial charge on any atom is 0.271 e. The van der Waals surface area contributed by atoms with Crippen LogP contribution in [0.3, 0.4) is 0 Å². The van der Waals surface area contributed by atoms with Crippen LogP contribution in [0, 0.1) is 10.1 Å². The normalized spacial score (nSPS) is 12.1. The minimum absolute atomic E-state index is 0.0394. The van der Waals surface area contributed by atoms with Gasteiger partial charge < -0.3 is 18.9 Å². The van der Waals surface area contributed by atoms with E-state index in [9.17, 15) is 14.9 Å². The Morgan fingerprint density at radius 2 is 1.97 bits per heavy atom. The summed E-state index contributed by atoms with van der Waals surface area (Å²) < 4.78 is 22.1. The lowest BCUT2D eigenvalue weighted by molar-refractivity contribution is -0.384. The molecule has 10 heteroatoms. The van der Waals surface area contributed by atoms with Gasteiger partial charge in [0.2, 0.25) is 18.3 Å². The van der Waals surface area contributed by atoms with Crippen LogP contribution in [0.4, 0.5) is 5.69 Å². The molecular formula is C20H21N3O7. The minimum Gasteiger partial charge on any atom is -0.492 e. The molecule has 0 unspecified atom stereocenters. The molecule has 1 amide bonds. The summed E-state index contributed by atoms with van der Waals surface area (Å²) in [6.45, 7) is 2.05. The number of nitrogens with zero attached hydrogens (tertiary/aromatic N) is 2. The zero-order valence-electron chi connectivity index (χ0n) is 16.8. The van der Waals surface area contributed by atoms with Gasteiger partial charge in [-0.05, 0) is 12.5 Å². The van der Waals surface area contributed by atoms with E-state index in [4.69, 9.17) is 18.9 Å². The molecule has 10 nitrogen and oxygen atoms in total. The molecule has 0 saturated heterocycles. The second-order valence-corrected chi connectivity index (χ2v) is 6.28. The second kappa shape index (κ2) is 9.12. The first-order valence-corrected chi connectivity index (χ1v) is 9.16. The Bertz CT molecular complexity index is 1000. The topological polar surface area (TPSA) is 122 Å². The van der Waals surface area contributed by atoms with Crippen LogP contribution in [0.15, 0.2) is 29.4 Å². The molecule has 0 fully saturated rings. The summed E-state index contributed by atoms with van der Waals surface area (Å²) >= 11 is 0. The number of carbonyl (C=O) groups excluding carboxylic acids is 1. The lowest BCUT2D eigenvalue weighted by atomic mass is 10.00. The average molecular weight is 415 g/mol. The monoisotopic (exact) mass is 415 g/mol. The van der Waals surface area contributed by atoms with Crippen molar-refractivity contribution in [3.05, 3.63) is 51.1 Å². The van der Waals surface area contributed by atoms with Crippen molar-refractivity contribution in [2.24, 2.45) is 5.10 Å². The van der Waals surface area contributed by atoms with E-state index in [1.807, 2.05) is 6.92 Å². The average Bonchev–Trinajstić information content (AvgIpc) is 3.23. The number of nitro groups is 1. The number of hydrogen-bond donors (Lipinski definition) is 1. The fraction of sp³-hybridized carbons (Fsp3) is 0.300. The van der Waals surface area contributed by atoms with Crippen LogP contribution in [0.2, 0.25) is 0 Å². The fourth-order valence-electron chi connectivity index (χ4n) is 3.17. The number of hydrazone groups is 1. The van der Waals surface area contributed by atoms with Gasteiger partial charge in [0.25, 0.3) is 11.6 Å². The highest BCUT2D eigenvalue weighted by Gasteiger charge is 2.30. The van der Waals surface area contributed by atoms with Gasteiger partial charge in [0.05, 0.1) is 25.4 Å². The Kier molecular flexibility index (Phi) is 6.35. The van der Waals surface area contributed by atoms with Gasteiger partial charge in [-0.15, -0.1) is 0 Å². The van der Waals surface area contributed by atoms with Crippen molar-refractivity contribution >= 4 is 17.8 Å². The molecular weight excluding hydrogens is 394 g/mol. The summed E-state index contributed by atoms with van der Waals surface area (Å²) in [4.78, 5) is 22.7. The maximum atomic E-state index is 12.3. The zero-order valence-corrected chi connectivity index (χ0v) is 16.8. The summed E-state index contributed by atoms with van der Waals surface area (Å²) in [5.74, 6) is 1.23. The Balaban J connectivity index is 1.93. The number of rotatable bonds is 8. The maximum absolute atomic E-state index is 12.3. The fourth-order valence-corrected chi connectivity index (χ4v) is 3.17. The van der Waals surface area contributed by atoms with Crippen molar-refractivity contribution in [1.29, 1.82) is 0 Å². The van der Waals surface area contributed by atoms with Crippen LogP contribution in [-0.4, -0.2) is 38.1 Å². The number of fused-ring (bicyclic) bond motifs is 1. The van der Waals surface area contributed by atoms with Crippen LogP contribution in [0.25, 0.3) is 0 Å². The largest absolute Gasteiger partial charge is 0.492 e. The number of methoxy groups -OCH3 is 2. The van der Waals surface area contributed by atoms with E-state index < -0.39 is 10.8 Å². The van der Waals surface area contributed by atoms with Gasteiger partial charge in [-0.2, -0.15) is 5.10 Å².